The lowest BCUT2D eigenvalue weighted by Gasteiger charge is -2.17. The highest BCUT2D eigenvalue weighted by Gasteiger charge is 2.13. The number of rotatable bonds is 9. The third kappa shape index (κ3) is 7.08. The normalized spacial score (nSPS) is 10.8. The molecule has 0 saturated heterocycles. The van der Waals surface area contributed by atoms with Crippen LogP contribution in [-0.4, -0.2) is 40.9 Å². The number of methoxy groups -OCH3 is 3. The monoisotopic (exact) mass is 537 g/mol. The highest BCUT2D eigenvalue weighted by atomic mass is 127. The van der Waals surface area contributed by atoms with Gasteiger partial charge < -0.3 is 29.6 Å². The van der Waals surface area contributed by atoms with Gasteiger partial charge in [0, 0.05) is 37.3 Å². The summed E-state index contributed by atoms with van der Waals surface area (Å²) in [6.07, 6.45) is 0. The Morgan fingerprint density at radius 1 is 0.867 bits per heavy atom. The highest BCUT2D eigenvalue weighted by Crippen LogP contribution is 2.34. The molecule has 2 aromatic rings. The first-order chi connectivity index (χ1) is 14.0. The maximum atomic E-state index is 12.6. The van der Waals surface area contributed by atoms with Gasteiger partial charge in [0.15, 0.2) is 17.5 Å². The van der Waals surface area contributed by atoms with Gasteiger partial charge in [0.25, 0.3) is 0 Å². The zero-order chi connectivity index (χ0) is 21.2. The highest BCUT2D eigenvalue weighted by molar-refractivity contribution is 14.0. The third-order valence-corrected chi connectivity index (χ3v) is 4.09. The minimum atomic E-state index is -2.88. The zero-order valence-corrected chi connectivity index (χ0v) is 19.5. The Bertz CT molecular complexity index is 838. The minimum Gasteiger partial charge on any atom is -0.496 e. The topological polar surface area (TPSA) is 73.3 Å². The van der Waals surface area contributed by atoms with Crippen molar-refractivity contribution in [1.29, 1.82) is 0 Å². The van der Waals surface area contributed by atoms with Crippen molar-refractivity contribution in [2.45, 2.75) is 19.7 Å². The van der Waals surface area contributed by atoms with Crippen molar-refractivity contribution in [3.63, 3.8) is 0 Å². The lowest BCUT2D eigenvalue weighted by Crippen LogP contribution is -2.36. The molecule has 0 aliphatic heterocycles. The van der Waals surface area contributed by atoms with Gasteiger partial charge in [-0.15, -0.1) is 24.0 Å². The predicted octanol–water partition coefficient (Wildman–Crippen LogP) is 3.80. The molecule has 0 unspecified atom stereocenters. The van der Waals surface area contributed by atoms with E-state index >= 15 is 0 Å². The van der Waals surface area contributed by atoms with Gasteiger partial charge in [0.05, 0.1) is 21.3 Å². The number of aliphatic imine (C=N–C) groups is 1. The standard InChI is InChI=1S/C20H25F2N3O4.HI/c1-23-20(24-11-13-7-5-6-8-15(13)29-19(21)22)25-12-14-9-17(27-3)18(28-4)10-16(14)26-2;/h5-10,19H,11-12H2,1-4H3,(H2,23,24,25);1H. The SMILES string of the molecule is CN=C(NCc1cc(OC)c(OC)cc1OC)NCc1ccccc1OC(F)F.I. The number of alkyl halides is 2. The van der Waals surface area contributed by atoms with Crippen molar-refractivity contribution in [3.05, 3.63) is 47.5 Å². The van der Waals surface area contributed by atoms with Gasteiger partial charge in [-0.25, -0.2) is 0 Å². The molecule has 0 atom stereocenters. The molecule has 2 rings (SSSR count). The van der Waals surface area contributed by atoms with Crippen LogP contribution < -0.4 is 29.6 Å². The van der Waals surface area contributed by atoms with Gasteiger partial charge in [0.1, 0.15) is 11.5 Å². The molecule has 0 aliphatic rings. The molecule has 2 aromatic carbocycles. The fourth-order valence-electron chi connectivity index (χ4n) is 2.67. The average molecular weight is 537 g/mol. The third-order valence-electron chi connectivity index (χ3n) is 4.09. The number of halogens is 3. The molecule has 0 radical (unpaired) electrons. The van der Waals surface area contributed by atoms with Gasteiger partial charge in [0.2, 0.25) is 0 Å². The maximum Gasteiger partial charge on any atom is 0.387 e. The Balaban J connectivity index is 0.00000450. The predicted molar refractivity (Wildman–Crippen MR) is 122 cm³/mol. The number of para-hydroxylation sites is 1. The summed E-state index contributed by atoms with van der Waals surface area (Å²) in [6.45, 7) is -2.24. The van der Waals surface area contributed by atoms with Crippen molar-refractivity contribution in [1.82, 2.24) is 10.6 Å². The van der Waals surface area contributed by atoms with Crippen LogP contribution in [0, 0.1) is 0 Å². The van der Waals surface area contributed by atoms with Gasteiger partial charge in [-0.1, -0.05) is 18.2 Å². The molecular formula is C20H26F2IN3O4. The van der Waals surface area contributed by atoms with Crippen LogP contribution in [0.2, 0.25) is 0 Å². The second-order valence-corrected chi connectivity index (χ2v) is 5.78. The second-order valence-electron chi connectivity index (χ2n) is 5.78. The van der Waals surface area contributed by atoms with E-state index in [0.717, 1.165) is 5.56 Å². The Morgan fingerprint density at radius 3 is 2.00 bits per heavy atom. The maximum absolute atomic E-state index is 12.6. The quantitative estimate of drug-likeness (QED) is 0.288. The summed E-state index contributed by atoms with van der Waals surface area (Å²) in [4.78, 5) is 4.15. The number of hydrogen-bond acceptors (Lipinski definition) is 5. The first-order valence-corrected chi connectivity index (χ1v) is 8.78. The number of guanidine groups is 1. The summed E-state index contributed by atoms with van der Waals surface area (Å²) >= 11 is 0. The van der Waals surface area contributed by atoms with Crippen LogP contribution in [0.5, 0.6) is 23.0 Å². The van der Waals surface area contributed by atoms with Crippen molar-refractivity contribution in [2.24, 2.45) is 4.99 Å². The van der Waals surface area contributed by atoms with Crippen LogP contribution in [-0.2, 0) is 13.1 Å². The average Bonchev–Trinajstić information content (AvgIpc) is 2.73. The summed E-state index contributed by atoms with van der Waals surface area (Å²) < 4.78 is 45.7. The van der Waals surface area contributed by atoms with Crippen LogP contribution in [0.3, 0.4) is 0 Å². The molecule has 0 aromatic heterocycles. The Morgan fingerprint density at radius 2 is 1.43 bits per heavy atom. The molecule has 0 saturated carbocycles. The summed E-state index contributed by atoms with van der Waals surface area (Å²) in [5, 5.41) is 6.23. The number of nitrogens with zero attached hydrogens (tertiary/aromatic N) is 1. The first-order valence-electron chi connectivity index (χ1n) is 8.78. The van der Waals surface area contributed by atoms with Crippen molar-refractivity contribution < 1.29 is 27.7 Å². The van der Waals surface area contributed by atoms with Crippen molar-refractivity contribution >= 4 is 29.9 Å². The first kappa shape index (κ1) is 25.5. The summed E-state index contributed by atoms with van der Waals surface area (Å²) in [7, 11) is 6.29. The molecule has 2 N–H and O–H groups in total. The molecule has 0 aliphatic carbocycles. The van der Waals surface area contributed by atoms with Crippen molar-refractivity contribution in [2.75, 3.05) is 28.4 Å². The van der Waals surface area contributed by atoms with Crippen molar-refractivity contribution in [3.8, 4) is 23.0 Å². The smallest absolute Gasteiger partial charge is 0.387 e. The van der Waals surface area contributed by atoms with E-state index in [1.165, 1.54) is 6.07 Å². The number of benzene rings is 2. The molecule has 7 nitrogen and oxygen atoms in total. The molecule has 0 amide bonds. The number of nitrogens with one attached hydrogen (secondary N) is 2. The molecule has 0 spiro atoms. The molecule has 0 heterocycles. The van der Waals surface area contributed by atoms with E-state index in [-0.39, 0.29) is 36.3 Å². The Kier molecular flexibility index (Phi) is 11.0. The molecule has 10 heteroatoms. The van der Waals surface area contributed by atoms with Crippen LogP contribution in [0.1, 0.15) is 11.1 Å². The lowest BCUT2D eigenvalue weighted by atomic mass is 10.1. The summed E-state index contributed by atoms with van der Waals surface area (Å²) in [6, 6.07) is 10.1. The Hall–Kier alpha value is -2.50. The van der Waals surface area contributed by atoms with Crippen LogP contribution >= 0.6 is 24.0 Å². The fourth-order valence-corrected chi connectivity index (χ4v) is 2.67. The van der Waals surface area contributed by atoms with Gasteiger partial charge >= 0.3 is 6.61 Å². The Labute approximate surface area is 191 Å². The minimum absolute atomic E-state index is 0. The molecule has 30 heavy (non-hydrogen) atoms. The van der Waals surface area contributed by atoms with Crippen LogP contribution in [0.15, 0.2) is 41.4 Å². The summed E-state index contributed by atoms with van der Waals surface area (Å²) in [5.74, 6) is 2.36. The number of ether oxygens (including phenoxy) is 4. The van der Waals surface area contributed by atoms with E-state index in [0.29, 0.717) is 35.3 Å². The van der Waals surface area contributed by atoms with Crippen LogP contribution in [0.4, 0.5) is 8.78 Å². The molecule has 0 fully saturated rings. The molecule has 166 valence electrons. The van der Waals surface area contributed by atoms with E-state index in [1.54, 1.807) is 52.6 Å². The largest absolute Gasteiger partial charge is 0.496 e. The second kappa shape index (κ2) is 12.9. The van der Waals surface area contributed by atoms with E-state index in [4.69, 9.17) is 14.2 Å². The summed E-state index contributed by atoms with van der Waals surface area (Å²) in [5.41, 5.74) is 1.41. The van der Waals surface area contributed by atoms with E-state index in [1.807, 2.05) is 6.07 Å². The van der Waals surface area contributed by atoms with Gasteiger partial charge in [-0.3, -0.25) is 4.99 Å². The van der Waals surface area contributed by atoms with E-state index in [9.17, 15) is 8.78 Å². The molecule has 0 bridgehead atoms. The zero-order valence-electron chi connectivity index (χ0n) is 17.2. The molecular weight excluding hydrogens is 511 g/mol. The van der Waals surface area contributed by atoms with E-state index in [2.05, 4.69) is 20.4 Å². The van der Waals surface area contributed by atoms with Gasteiger partial charge in [-0.2, -0.15) is 8.78 Å². The number of hydrogen-bond donors (Lipinski definition) is 2. The lowest BCUT2D eigenvalue weighted by molar-refractivity contribution is -0.0504. The van der Waals surface area contributed by atoms with Crippen LogP contribution in [0.25, 0.3) is 0 Å². The van der Waals surface area contributed by atoms with Gasteiger partial charge in [-0.05, 0) is 12.1 Å². The van der Waals surface area contributed by atoms with E-state index < -0.39 is 6.61 Å². The fraction of sp³-hybridized carbons (Fsp3) is 0.350.